The zero-order chi connectivity index (χ0) is 17.0. The molecule has 0 fully saturated rings. The van der Waals surface area contributed by atoms with E-state index in [4.69, 9.17) is 4.74 Å². The molecule has 2 aromatic carbocycles. The number of para-hydroxylation sites is 1. The maximum absolute atomic E-state index is 11.6. The van der Waals surface area contributed by atoms with E-state index in [2.05, 4.69) is 23.3 Å². The van der Waals surface area contributed by atoms with E-state index in [0.717, 1.165) is 10.9 Å². The molecule has 0 aliphatic rings. The van der Waals surface area contributed by atoms with Crippen molar-refractivity contribution in [3.8, 4) is 5.88 Å². The minimum Gasteiger partial charge on any atom is -0.633 e. The first-order valence-electron chi connectivity index (χ1n) is 8.19. The SMILES string of the molecule is C[N+](C)([O-])CCCOc1nn(Cc2ccccc2)c2ccccc12. The zero-order valence-electron chi connectivity index (χ0n) is 14.2. The number of aromatic nitrogens is 2. The summed E-state index contributed by atoms with van der Waals surface area (Å²) < 4.78 is 7.52. The number of ether oxygens (including phenoxy) is 1. The average molecular weight is 325 g/mol. The lowest BCUT2D eigenvalue weighted by atomic mass is 10.2. The summed E-state index contributed by atoms with van der Waals surface area (Å²) in [6.45, 7) is 1.73. The van der Waals surface area contributed by atoms with Gasteiger partial charge in [-0.15, -0.1) is 5.10 Å². The van der Waals surface area contributed by atoms with Crippen LogP contribution in [0.2, 0.25) is 0 Å². The van der Waals surface area contributed by atoms with Crippen molar-refractivity contribution in [3.05, 3.63) is 65.4 Å². The lowest BCUT2D eigenvalue weighted by Crippen LogP contribution is -2.33. The second-order valence-corrected chi connectivity index (χ2v) is 6.47. The van der Waals surface area contributed by atoms with Crippen LogP contribution in [0.5, 0.6) is 5.88 Å². The van der Waals surface area contributed by atoms with E-state index >= 15 is 0 Å². The molecule has 0 saturated carbocycles. The number of nitrogens with zero attached hydrogens (tertiary/aromatic N) is 3. The van der Waals surface area contributed by atoms with E-state index in [-0.39, 0.29) is 4.65 Å². The fraction of sp³-hybridized carbons (Fsp3) is 0.316. The van der Waals surface area contributed by atoms with Gasteiger partial charge in [0.25, 0.3) is 0 Å². The molecule has 3 rings (SSSR count). The number of hydrogen-bond donors (Lipinski definition) is 0. The molecular weight excluding hydrogens is 302 g/mol. The third-order valence-corrected chi connectivity index (χ3v) is 3.88. The molecule has 0 atom stereocenters. The predicted molar refractivity (Wildman–Crippen MR) is 95.7 cm³/mol. The normalized spacial score (nSPS) is 11.8. The molecule has 0 aliphatic heterocycles. The Balaban J connectivity index is 1.76. The summed E-state index contributed by atoms with van der Waals surface area (Å²) >= 11 is 0. The number of hydroxylamine groups is 3. The van der Waals surface area contributed by atoms with Gasteiger partial charge in [-0.25, -0.2) is 0 Å². The molecule has 1 aromatic heterocycles. The summed E-state index contributed by atoms with van der Waals surface area (Å²) in [7, 11) is 3.29. The fourth-order valence-electron chi connectivity index (χ4n) is 2.69. The van der Waals surface area contributed by atoms with Crippen molar-refractivity contribution in [1.82, 2.24) is 9.78 Å². The van der Waals surface area contributed by atoms with Crippen LogP contribution in [0.4, 0.5) is 0 Å². The minimum atomic E-state index is -0.299. The largest absolute Gasteiger partial charge is 0.633 e. The molecule has 126 valence electrons. The summed E-state index contributed by atoms with van der Waals surface area (Å²) in [5, 5.41) is 17.2. The molecule has 0 radical (unpaired) electrons. The molecule has 0 aliphatic carbocycles. The Kier molecular flexibility index (Phi) is 4.83. The van der Waals surface area contributed by atoms with Crippen LogP contribution in [0.1, 0.15) is 12.0 Å². The molecule has 0 bridgehead atoms. The highest BCUT2D eigenvalue weighted by Crippen LogP contribution is 2.25. The Morgan fingerprint density at radius 1 is 1.04 bits per heavy atom. The predicted octanol–water partition coefficient (Wildman–Crippen LogP) is 3.43. The first-order chi connectivity index (χ1) is 11.5. The first kappa shape index (κ1) is 16.5. The van der Waals surface area contributed by atoms with Gasteiger partial charge >= 0.3 is 0 Å². The van der Waals surface area contributed by atoms with Gasteiger partial charge in [-0.1, -0.05) is 42.5 Å². The van der Waals surface area contributed by atoms with E-state index in [1.54, 1.807) is 14.1 Å². The summed E-state index contributed by atoms with van der Waals surface area (Å²) in [5.74, 6) is 0.637. The minimum absolute atomic E-state index is 0.299. The molecule has 0 unspecified atom stereocenters. The van der Waals surface area contributed by atoms with Crippen LogP contribution < -0.4 is 4.74 Å². The van der Waals surface area contributed by atoms with E-state index in [1.165, 1.54) is 5.56 Å². The molecule has 3 aromatic rings. The summed E-state index contributed by atoms with van der Waals surface area (Å²) in [5.41, 5.74) is 2.25. The lowest BCUT2D eigenvalue weighted by molar-refractivity contribution is -0.840. The van der Waals surface area contributed by atoms with Crippen molar-refractivity contribution in [3.63, 3.8) is 0 Å². The van der Waals surface area contributed by atoms with E-state index < -0.39 is 0 Å². The van der Waals surface area contributed by atoms with Crippen molar-refractivity contribution in [1.29, 1.82) is 0 Å². The van der Waals surface area contributed by atoms with Crippen LogP contribution in [0, 0.1) is 5.21 Å². The zero-order valence-corrected chi connectivity index (χ0v) is 14.2. The summed E-state index contributed by atoms with van der Waals surface area (Å²) in [6, 6.07) is 18.3. The third-order valence-electron chi connectivity index (χ3n) is 3.88. The second kappa shape index (κ2) is 7.03. The number of benzene rings is 2. The van der Waals surface area contributed by atoms with Gasteiger partial charge in [0.1, 0.15) is 0 Å². The average Bonchev–Trinajstić information content (AvgIpc) is 2.90. The molecule has 1 heterocycles. The number of quaternary nitrogens is 1. The second-order valence-electron chi connectivity index (χ2n) is 6.47. The van der Waals surface area contributed by atoms with Gasteiger partial charge in [0.2, 0.25) is 5.88 Å². The van der Waals surface area contributed by atoms with Gasteiger partial charge in [0.05, 0.1) is 44.7 Å². The Morgan fingerprint density at radius 2 is 1.75 bits per heavy atom. The first-order valence-corrected chi connectivity index (χ1v) is 8.19. The number of fused-ring (bicyclic) bond motifs is 1. The van der Waals surface area contributed by atoms with Gasteiger partial charge in [-0.05, 0) is 17.7 Å². The lowest BCUT2D eigenvalue weighted by Gasteiger charge is -2.33. The van der Waals surface area contributed by atoms with Crippen LogP contribution in [-0.2, 0) is 6.54 Å². The standard InChI is InChI=1S/C19H23N3O2/c1-22(2,23)13-8-14-24-19-17-11-6-7-12-18(17)21(20-19)15-16-9-4-3-5-10-16/h3-7,9-12H,8,13-15H2,1-2H3. The van der Waals surface area contributed by atoms with Crippen LogP contribution >= 0.6 is 0 Å². The molecule has 24 heavy (non-hydrogen) atoms. The highest BCUT2D eigenvalue weighted by atomic mass is 16.5. The van der Waals surface area contributed by atoms with Crippen molar-refractivity contribution >= 4 is 10.9 Å². The molecule has 0 N–H and O–H groups in total. The van der Waals surface area contributed by atoms with Crippen molar-refractivity contribution in [2.24, 2.45) is 0 Å². The number of hydrogen-bond acceptors (Lipinski definition) is 3. The van der Waals surface area contributed by atoms with Gasteiger partial charge in [-0.2, -0.15) is 0 Å². The van der Waals surface area contributed by atoms with E-state index in [0.29, 0.717) is 32.0 Å². The number of rotatable bonds is 7. The van der Waals surface area contributed by atoms with Crippen LogP contribution in [0.3, 0.4) is 0 Å². The maximum atomic E-state index is 11.6. The quantitative estimate of drug-likeness (QED) is 0.380. The Morgan fingerprint density at radius 3 is 2.50 bits per heavy atom. The van der Waals surface area contributed by atoms with Gasteiger partial charge < -0.3 is 14.6 Å². The van der Waals surface area contributed by atoms with Crippen LogP contribution in [0.15, 0.2) is 54.6 Å². The molecule has 0 saturated heterocycles. The summed E-state index contributed by atoms with van der Waals surface area (Å²) in [4.78, 5) is 0. The van der Waals surface area contributed by atoms with Crippen molar-refractivity contribution in [2.45, 2.75) is 13.0 Å². The van der Waals surface area contributed by atoms with E-state index in [9.17, 15) is 5.21 Å². The van der Waals surface area contributed by atoms with Crippen molar-refractivity contribution < 1.29 is 9.38 Å². The van der Waals surface area contributed by atoms with Gasteiger partial charge in [0, 0.05) is 6.42 Å². The summed E-state index contributed by atoms with van der Waals surface area (Å²) in [6.07, 6.45) is 0.705. The van der Waals surface area contributed by atoms with Gasteiger partial charge in [0.15, 0.2) is 0 Å². The third kappa shape index (κ3) is 4.13. The topological polar surface area (TPSA) is 50.1 Å². The Hall–Kier alpha value is -2.37. The van der Waals surface area contributed by atoms with Crippen LogP contribution in [0.25, 0.3) is 10.9 Å². The Labute approximate surface area is 142 Å². The molecule has 0 amide bonds. The fourth-order valence-corrected chi connectivity index (χ4v) is 2.69. The molecule has 5 nitrogen and oxygen atoms in total. The van der Waals surface area contributed by atoms with E-state index in [1.807, 2.05) is 41.1 Å². The monoisotopic (exact) mass is 325 g/mol. The highest BCUT2D eigenvalue weighted by molar-refractivity contribution is 5.84. The maximum Gasteiger partial charge on any atom is 0.240 e. The molecule has 5 heteroatoms. The molecule has 0 spiro atoms. The van der Waals surface area contributed by atoms with Gasteiger partial charge in [-0.3, -0.25) is 4.68 Å². The smallest absolute Gasteiger partial charge is 0.240 e. The van der Waals surface area contributed by atoms with Crippen LogP contribution in [-0.4, -0.2) is 41.7 Å². The Bertz CT molecular complexity index is 791. The van der Waals surface area contributed by atoms with Crippen molar-refractivity contribution in [2.75, 3.05) is 27.2 Å². The molecular formula is C19H23N3O2. The highest BCUT2D eigenvalue weighted by Gasteiger charge is 2.12.